The van der Waals surface area contributed by atoms with E-state index in [4.69, 9.17) is 4.98 Å². The zero-order valence-electron chi connectivity index (χ0n) is 12.3. The molecule has 0 radical (unpaired) electrons. The molecule has 1 aromatic carbocycles. The van der Waals surface area contributed by atoms with Crippen LogP contribution >= 0.6 is 15.9 Å². The molecular weight excluding hydrogens is 331 g/mol. The van der Waals surface area contributed by atoms with Crippen LogP contribution in [0.1, 0.15) is 50.6 Å². The SMILES string of the molecule is CCCNc1cc(C2CCCC2)nc2cc(F)c(Br)cc12. The third-order valence-electron chi connectivity index (χ3n) is 4.21. The Labute approximate surface area is 133 Å². The molecule has 0 saturated heterocycles. The molecule has 0 bridgehead atoms. The van der Waals surface area contributed by atoms with Gasteiger partial charge in [0.2, 0.25) is 0 Å². The van der Waals surface area contributed by atoms with Crippen molar-refractivity contribution in [2.24, 2.45) is 0 Å². The van der Waals surface area contributed by atoms with Gasteiger partial charge in [-0.05, 0) is 47.3 Å². The molecule has 4 heteroatoms. The second-order valence-electron chi connectivity index (χ2n) is 5.79. The third kappa shape index (κ3) is 3.05. The second kappa shape index (κ2) is 6.30. The monoisotopic (exact) mass is 350 g/mol. The van der Waals surface area contributed by atoms with Gasteiger partial charge in [0.1, 0.15) is 5.82 Å². The van der Waals surface area contributed by atoms with Gasteiger partial charge in [-0.25, -0.2) is 4.39 Å². The molecule has 1 aliphatic carbocycles. The van der Waals surface area contributed by atoms with Gasteiger partial charge in [-0.15, -0.1) is 0 Å². The highest BCUT2D eigenvalue weighted by molar-refractivity contribution is 9.10. The van der Waals surface area contributed by atoms with E-state index in [1.54, 1.807) is 0 Å². The van der Waals surface area contributed by atoms with Crippen LogP contribution in [-0.4, -0.2) is 11.5 Å². The van der Waals surface area contributed by atoms with E-state index in [2.05, 4.69) is 34.2 Å². The lowest BCUT2D eigenvalue weighted by Crippen LogP contribution is -2.04. The maximum Gasteiger partial charge on any atom is 0.139 e. The number of benzene rings is 1. The van der Waals surface area contributed by atoms with Crippen LogP contribution in [-0.2, 0) is 0 Å². The van der Waals surface area contributed by atoms with Gasteiger partial charge in [-0.2, -0.15) is 0 Å². The Kier molecular flexibility index (Phi) is 4.43. The zero-order valence-corrected chi connectivity index (χ0v) is 13.8. The minimum absolute atomic E-state index is 0.250. The Morgan fingerprint density at radius 3 is 2.76 bits per heavy atom. The summed E-state index contributed by atoms with van der Waals surface area (Å²) in [4.78, 5) is 4.73. The first kappa shape index (κ1) is 14.8. The zero-order chi connectivity index (χ0) is 14.8. The average Bonchev–Trinajstić information content (AvgIpc) is 3.00. The molecule has 0 amide bonds. The third-order valence-corrected chi connectivity index (χ3v) is 4.82. The number of pyridine rings is 1. The number of nitrogens with zero attached hydrogens (tertiary/aromatic N) is 1. The van der Waals surface area contributed by atoms with Crippen LogP contribution in [0.25, 0.3) is 10.9 Å². The van der Waals surface area contributed by atoms with E-state index < -0.39 is 0 Å². The number of anilines is 1. The van der Waals surface area contributed by atoms with Crippen LogP contribution < -0.4 is 5.32 Å². The molecule has 2 aromatic rings. The molecule has 21 heavy (non-hydrogen) atoms. The van der Waals surface area contributed by atoms with Crippen molar-refractivity contribution < 1.29 is 4.39 Å². The van der Waals surface area contributed by atoms with Crippen LogP contribution in [0.2, 0.25) is 0 Å². The lowest BCUT2D eigenvalue weighted by molar-refractivity contribution is 0.622. The van der Waals surface area contributed by atoms with E-state index in [0.717, 1.165) is 35.2 Å². The lowest BCUT2D eigenvalue weighted by atomic mass is 10.0. The van der Waals surface area contributed by atoms with Crippen LogP contribution in [0.3, 0.4) is 0 Å². The molecule has 0 unspecified atom stereocenters. The minimum Gasteiger partial charge on any atom is -0.384 e. The van der Waals surface area contributed by atoms with E-state index in [9.17, 15) is 4.39 Å². The van der Waals surface area contributed by atoms with Crippen molar-refractivity contribution in [2.75, 3.05) is 11.9 Å². The van der Waals surface area contributed by atoms with Crippen molar-refractivity contribution in [3.8, 4) is 0 Å². The number of fused-ring (bicyclic) bond motifs is 1. The Balaban J connectivity index is 2.11. The van der Waals surface area contributed by atoms with Gasteiger partial charge < -0.3 is 5.32 Å². The first-order chi connectivity index (χ1) is 10.2. The number of aromatic nitrogens is 1. The normalized spacial score (nSPS) is 15.8. The number of rotatable bonds is 4. The van der Waals surface area contributed by atoms with Gasteiger partial charge in [0.05, 0.1) is 9.99 Å². The van der Waals surface area contributed by atoms with Crippen molar-refractivity contribution in [1.82, 2.24) is 4.98 Å². The highest BCUT2D eigenvalue weighted by atomic mass is 79.9. The predicted octanol–water partition coefficient (Wildman–Crippen LogP) is 5.62. The summed E-state index contributed by atoms with van der Waals surface area (Å²) in [6.07, 6.45) is 6.01. The quantitative estimate of drug-likeness (QED) is 0.774. The van der Waals surface area contributed by atoms with Crippen molar-refractivity contribution in [2.45, 2.75) is 44.9 Å². The molecule has 112 valence electrons. The van der Waals surface area contributed by atoms with Gasteiger partial charge in [-0.3, -0.25) is 4.98 Å². The van der Waals surface area contributed by atoms with Crippen molar-refractivity contribution in [1.29, 1.82) is 0 Å². The van der Waals surface area contributed by atoms with Crippen LogP contribution in [0.5, 0.6) is 0 Å². The smallest absolute Gasteiger partial charge is 0.139 e. The fourth-order valence-electron chi connectivity index (χ4n) is 3.08. The van der Waals surface area contributed by atoms with Crippen LogP contribution in [0.15, 0.2) is 22.7 Å². The fourth-order valence-corrected chi connectivity index (χ4v) is 3.42. The summed E-state index contributed by atoms with van der Waals surface area (Å²) in [7, 11) is 0. The molecule has 0 atom stereocenters. The first-order valence-corrected chi connectivity index (χ1v) is 8.52. The minimum atomic E-state index is -0.250. The summed E-state index contributed by atoms with van der Waals surface area (Å²) in [6, 6.07) is 5.53. The Bertz CT molecular complexity index is 651. The van der Waals surface area contributed by atoms with E-state index in [1.165, 1.54) is 31.7 Å². The van der Waals surface area contributed by atoms with E-state index in [0.29, 0.717) is 10.4 Å². The van der Waals surface area contributed by atoms with E-state index in [1.807, 2.05) is 6.07 Å². The molecule has 1 aromatic heterocycles. The number of hydrogen-bond acceptors (Lipinski definition) is 2. The van der Waals surface area contributed by atoms with Crippen molar-refractivity contribution >= 4 is 32.5 Å². The molecule has 3 rings (SSSR count). The Morgan fingerprint density at radius 2 is 2.05 bits per heavy atom. The molecule has 0 spiro atoms. The molecule has 1 heterocycles. The van der Waals surface area contributed by atoms with Gasteiger partial charge in [0.15, 0.2) is 0 Å². The highest BCUT2D eigenvalue weighted by Crippen LogP contribution is 2.37. The number of halogens is 2. The van der Waals surface area contributed by atoms with E-state index in [-0.39, 0.29) is 5.82 Å². The summed E-state index contributed by atoms with van der Waals surface area (Å²) in [5.41, 5.74) is 2.93. The predicted molar refractivity (Wildman–Crippen MR) is 89.4 cm³/mol. The fraction of sp³-hybridized carbons (Fsp3) is 0.471. The average molecular weight is 351 g/mol. The summed E-state index contributed by atoms with van der Waals surface area (Å²) < 4.78 is 14.3. The van der Waals surface area contributed by atoms with Crippen molar-refractivity contribution in [3.63, 3.8) is 0 Å². The lowest BCUT2D eigenvalue weighted by Gasteiger charge is -2.15. The summed E-state index contributed by atoms with van der Waals surface area (Å²) in [6.45, 7) is 3.06. The Hall–Kier alpha value is -1.16. The molecule has 2 nitrogen and oxygen atoms in total. The molecular formula is C17H20BrFN2. The maximum absolute atomic E-state index is 13.8. The van der Waals surface area contributed by atoms with Crippen LogP contribution in [0.4, 0.5) is 10.1 Å². The van der Waals surface area contributed by atoms with E-state index >= 15 is 0 Å². The van der Waals surface area contributed by atoms with Gasteiger partial charge >= 0.3 is 0 Å². The maximum atomic E-state index is 13.8. The number of nitrogens with one attached hydrogen (secondary N) is 1. The van der Waals surface area contributed by atoms with Crippen molar-refractivity contribution in [3.05, 3.63) is 34.2 Å². The molecule has 0 aliphatic heterocycles. The first-order valence-electron chi connectivity index (χ1n) is 7.72. The van der Waals surface area contributed by atoms with Gasteiger partial charge in [0.25, 0.3) is 0 Å². The molecule has 1 saturated carbocycles. The molecule has 1 aliphatic rings. The van der Waals surface area contributed by atoms with Gasteiger partial charge in [0, 0.05) is 35.3 Å². The Morgan fingerprint density at radius 1 is 1.29 bits per heavy atom. The standard InChI is InChI=1S/C17H20BrFN2/c1-2-7-20-16-10-15(11-5-3-4-6-11)21-17-9-14(19)13(18)8-12(16)17/h8-11H,2-7H2,1H3,(H,20,21). The summed E-state index contributed by atoms with van der Waals surface area (Å²) >= 11 is 3.27. The summed E-state index contributed by atoms with van der Waals surface area (Å²) in [5, 5.41) is 4.45. The summed E-state index contributed by atoms with van der Waals surface area (Å²) in [5.74, 6) is 0.281. The number of hydrogen-bond donors (Lipinski definition) is 1. The molecule has 1 N–H and O–H groups in total. The van der Waals surface area contributed by atoms with Crippen LogP contribution in [0, 0.1) is 5.82 Å². The second-order valence-corrected chi connectivity index (χ2v) is 6.64. The molecule has 1 fully saturated rings. The topological polar surface area (TPSA) is 24.9 Å². The largest absolute Gasteiger partial charge is 0.384 e. The highest BCUT2D eigenvalue weighted by Gasteiger charge is 2.20. The van der Waals surface area contributed by atoms with Gasteiger partial charge in [-0.1, -0.05) is 19.8 Å².